The van der Waals surface area contributed by atoms with Gasteiger partial charge < -0.3 is 0 Å². The zero-order valence-electron chi connectivity index (χ0n) is 10.6. The van der Waals surface area contributed by atoms with Crippen LogP contribution in [-0.2, 0) is 0 Å². The van der Waals surface area contributed by atoms with Gasteiger partial charge >= 0.3 is 18.9 Å². The van der Waals surface area contributed by atoms with Crippen LogP contribution in [0.5, 0.6) is 0 Å². The Morgan fingerprint density at radius 3 is 1.29 bits per heavy atom. The fourth-order valence-electron chi connectivity index (χ4n) is 1.94. The van der Waals surface area contributed by atoms with Crippen LogP contribution in [0, 0.1) is 11.8 Å². The molecule has 0 saturated heterocycles. The van der Waals surface area contributed by atoms with E-state index in [0.717, 1.165) is 11.8 Å². The monoisotopic (exact) mass is 206 g/mol. The van der Waals surface area contributed by atoms with Crippen LogP contribution < -0.4 is 0 Å². The molecule has 0 aliphatic carbocycles. The van der Waals surface area contributed by atoms with Gasteiger partial charge in [-0.1, -0.05) is 75.1 Å². The summed E-state index contributed by atoms with van der Waals surface area (Å²) in [5, 5.41) is 3.03. The molecule has 0 aliphatic heterocycles. The van der Waals surface area contributed by atoms with Gasteiger partial charge in [0.2, 0.25) is 0 Å². The molecular formula is C12H28AlLi. The van der Waals surface area contributed by atoms with Crippen molar-refractivity contribution < 1.29 is 0 Å². The summed E-state index contributed by atoms with van der Waals surface area (Å²) in [5.41, 5.74) is 0. The Balaban J connectivity index is 0. The molecule has 0 heterocycles. The van der Waals surface area contributed by atoms with Crippen LogP contribution in [-0.4, -0.2) is 33.0 Å². The van der Waals surface area contributed by atoms with Crippen LogP contribution in [0.2, 0.25) is 14.8 Å². The summed E-state index contributed by atoms with van der Waals surface area (Å²) < 4.78 is 0.620. The zero-order chi connectivity index (χ0) is 10.6. The van der Waals surface area contributed by atoms with Gasteiger partial charge in [0.15, 0.2) is 0 Å². The molecule has 0 fully saturated rings. The first kappa shape index (κ1) is 17.5. The van der Waals surface area contributed by atoms with E-state index in [2.05, 4.69) is 48.5 Å². The summed E-state index contributed by atoms with van der Waals surface area (Å²) in [6, 6.07) is 0. The predicted molar refractivity (Wildman–Crippen MR) is 71.9 cm³/mol. The van der Waals surface area contributed by atoms with Crippen molar-refractivity contribution in [1.82, 2.24) is 0 Å². The SMILES string of the molecule is CC(C)[CH2][Al]([CH2]C(C)C)[C](C)(C)C.[LiH]. The number of rotatable bonds is 4. The molecule has 0 aromatic carbocycles. The van der Waals surface area contributed by atoms with Gasteiger partial charge in [-0.25, -0.2) is 0 Å². The van der Waals surface area contributed by atoms with E-state index in [1.807, 2.05) is 0 Å². The van der Waals surface area contributed by atoms with E-state index in [9.17, 15) is 0 Å². The minimum absolute atomic E-state index is 0. The Labute approximate surface area is 108 Å². The molecule has 2 heteroatoms. The second kappa shape index (κ2) is 7.41. The van der Waals surface area contributed by atoms with E-state index < -0.39 is 14.1 Å². The van der Waals surface area contributed by atoms with Crippen LogP contribution in [0.3, 0.4) is 0 Å². The summed E-state index contributed by atoms with van der Waals surface area (Å²) in [6.45, 7) is 16.8. The third-order valence-electron chi connectivity index (χ3n) is 2.74. The van der Waals surface area contributed by atoms with Crippen molar-refractivity contribution >= 4 is 33.0 Å². The number of hydrogen-bond acceptors (Lipinski definition) is 0. The van der Waals surface area contributed by atoms with E-state index in [1.165, 1.54) is 10.6 Å². The standard InChI is InChI=1S/3C4H9.Al.Li.H/c3*1-4(2)3;;;/h1-3H3;2*4H,1H2,2-3H3;;;. The summed E-state index contributed by atoms with van der Waals surface area (Å²) in [7, 11) is 0. The fourth-order valence-corrected chi connectivity index (χ4v) is 5.82. The van der Waals surface area contributed by atoms with Gasteiger partial charge in [-0.15, -0.1) is 0 Å². The van der Waals surface area contributed by atoms with Crippen molar-refractivity contribution in [1.29, 1.82) is 0 Å². The van der Waals surface area contributed by atoms with E-state index >= 15 is 0 Å². The summed E-state index contributed by atoms with van der Waals surface area (Å²) in [6.07, 6.45) is 0. The molecule has 14 heavy (non-hydrogen) atoms. The Hall–Kier alpha value is 1.13. The molecule has 0 saturated carbocycles. The van der Waals surface area contributed by atoms with Crippen molar-refractivity contribution in [2.24, 2.45) is 11.8 Å². The molecule has 0 unspecified atom stereocenters. The Morgan fingerprint density at radius 2 is 1.14 bits per heavy atom. The zero-order valence-corrected chi connectivity index (χ0v) is 11.8. The molecule has 80 valence electrons. The van der Waals surface area contributed by atoms with Crippen LogP contribution in [0.15, 0.2) is 0 Å². The first-order valence-corrected chi connectivity index (χ1v) is 7.94. The van der Waals surface area contributed by atoms with Crippen molar-refractivity contribution in [2.75, 3.05) is 0 Å². The summed E-state index contributed by atoms with van der Waals surface area (Å²) in [5.74, 6) is 1.80. The molecule has 0 bridgehead atoms. The van der Waals surface area contributed by atoms with Gasteiger partial charge in [0.05, 0.1) is 0 Å². The van der Waals surface area contributed by atoms with E-state index in [0.29, 0.717) is 4.28 Å². The average molecular weight is 206 g/mol. The van der Waals surface area contributed by atoms with Crippen LogP contribution in [0.4, 0.5) is 0 Å². The predicted octanol–water partition coefficient (Wildman–Crippen LogP) is 3.94. The third kappa shape index (κ3) is 8.44. The summed E-state index contributed by atoms with van der Waals surface area (Å²) in [4.78, 5) is 0. The molecule has 0 nitrogen and oxygen atoms in total. The van der Waals surface area contributed by atoms with Gasteiger partial charge in [-0.2, -0.15) is 0 Å². The van der Waals surface area contributed by atoms with Crippen LogP contribution in [0.25, 0.3) is 0 Å². The van der Waals surface area contributed by atoms with Gasteiger partial charge in [0.1, 0.15) is 0 Å². The minimum atomic E-state index is -0.538. The molecule has 0 N–H and O–H groups in total. The molecule has 0 aliphatic rings. The fraction of sp³-hybridized carbons (Fsp3) is 1.00. The molecule has 0 atom stereocenters. The average Bonchev–Trinajstić information content (AvgIpc) is 1.81. The first-order valence-electron chi connectivity index (χ1n) is 5.73. The molecule has 0 aromatic heterocycles. The van der Waals surface area contributed by atoms with Gasteiger partial charge in [0.25, 0.3) is 14.1 Å². The quantitative estimate of drug-likeness (QED) is 0.611. The van der Waals surface area contributed by atoms with Crippen LogP contribution >= 0.6 is 0 Å². The molecular weight excluding hydrogens is 178 g/mol. The van der Waals surface area contributed by atoms with Crippen molar-refractivity contribution in [2.45, 2.75) is 63.3 Å². The maximum absolute atomic E-state index is 2.44. The summed E-state index contributed by atoms with van der Waals surface area (Å²) >= 11 is -0.538. The van der Waals surface area contributed by atoms with Crippen LogP contribution in [0.1, 0.15) is 48.5 Å². The second-order valence-electron chi connectivity index (χ2n) is 6.32. The van der Waals surface area contributed by atoms with E-state index in [1.54, 1.807) is 0 Å². The maximum atomic E-state index is 2.44. The Morgan fingerprint density at radius 1 is 0.857 bits per heavy atom. The van der Waals surface area contributed by atoms with Crippen molar-refractivity contribution in [3.05, 3.63) is 0 Å². The van der Waals surface area contributed by atoms with Crippen molar-refractivity contribution in [3.8, 4) is 0 Å². The topological polar surface area (TPSA) is 0 Å². The molecule has 0 spiro atoms. The molecule has 0 amide bonds. The molecule has 0 rings (SSSR count). The van der Waals surface area contributed by atoms with Crippen molar-refractivity contribution in [3.63, 3.8) is 0 Å². The van der Waals surface area contributed by atoms with E-state index in [4.69, 9.17) is 0 Å². The first-order chi connectivity index (χ1) is 5.73. The second-order valence-corrected chi connectivity index (χ2v) is 10.4. The molecule has 0 radical (unpaired) electrons. The Bertz CT molecular complexity index is 126. The van der Waals surface area contributed by atoms with Gasteiger partial charge in [0, 0.05) is 0 Å². The number of hydrogen-bond donors (Lipinski definition) is 0. The Kier molecular flexibility index (Phi) is 9.28. The normalized spacial score (nSPS) is 11.8. The van der Waals surface area contributed by atoms with Gasteiger partial charge in [-0.3, -0.25) is 0 Å². The molecule has 0 aromatic rings. The third-order valence-corrected chi connectivity index (χ3v) is 8.21. The van der Waals surface area contributed by atoms with Gasteiger partial charge in [-0.05, 0) is 0 Å². The van der Waals surface area contributed by atoms with E-state index in [-0.39, 0.29) is 18.9 Å².